The second kappa shape index (κ2) is 7.68. The molecule has 0 aliphatic heterocycles. The summed E-state index contributed by atoms with van der Waals surface area (Å²) in [5.74, 6) is 4.57. The van der Waals surface area contributed by atoms with Crippen molar-refractivity contribution in [3.05, 3.63) is 89.2 Å². The predicted molar refractivity (Wildman–Crippen MR) is 99.6 cm³/mol. The highest BCUT2D eigenvalue weighted by Crippen LogP contribution is 2.27. The molecule has 1 aromatic carbocycles. The van der Waals surface area contributed by atoms with Gasteiger partial charge in [0, 0.05) is 17.5 Å². The van der Waals surface area contributed by atoms with E-state index in [9.17, 15) is 9.18 Å². The molecule has 1 unspecified atom stereocenters. The van der Waals surface area contributed by atoms with E-state index in [1.807, 2.05) is 13.0 Å². The number of nitrogens with zero attached hydrogens (tertiary/aromatic N) is 2. The molecule has 132 valence electrons. The lowest BCUT2D eigenvalue weighted by molar-refractivity contribution is 0.0962. The van der Waals surface area contributed by atoms with Crippen LogP contribution < -0.4 is 5.32 Å². The smallest absolute Gasteiger partial charge is 0.258 e. The van der Waals surface area contributed by atoms with E-state index in [1.165, 1.54) is 18.2 Å². The van der Waals surface area contributed by atoms with Crippen molar-refractivity contribution in [1.82, 2.24) is 10.3 Å². The fourth-order valence-electron chi connectivity index (χ4n) is 2.46. The average molecular weight is 357 g/mol. The number of nitriles is 1. The van der Waals surface area contributed by atoms with Gasteiger partial charge in [-0.25, -0.2) is 9.37 Å². The van der Waals surface area contributed by atoms with Gasteiger partial charge in [0.1, 0.15) is 11.5 Å². The van der Waals surface area contributed by atoms with E-state index < -0.39 is 17.1 Å². The van der Waals surface area contributed by atoms with Crippen LogP contribution in [0.3, 0.4) is 0 Å². The van der Waals surface area contributed by atoms with E-state index in [2.05, 4.69) is 28.2 Å². The molecule has 0 bridgehead atoms. The number of hydrogen-bond donors (Lipinski definition) is 1. The Hall–Kier alpha value is -3.70. The maximum Gasteiger partial charge on any atom is 0.258 e. The largest absolute Gasteiger partial charge is 0.322 e. The first-order chi connectivity index (χ1) is 13.0. The Morgan fingerprint density at radius 2 is 2.15 bits per heavy atom. The molecule has 2 aromatic rings. The van der Waals surface area contributed by atoms with Crippen LogP contribution >= 0.6 is 0 Å². The van der Waals surface area contributed by atoms with E-state index in [1.54, 1.807) is 36.6 Å². The first-order valence-electron chi connectivity index (χ1n) is 8.34. The highest BCUT2D eigenvalue weighted by atomic mass is 19.1. The molecule has 0 saturated carbocycles. The maximum absolute atomic E-state index is 14.1. The standard InChI is InChI=1S/C22H16FN3O/c1-22(15-24)11-9-18(10-12-22)26-21(27)19-14-16(6-8-20(19)23)5-7-17-4-2-3-13-25-17/h2-4,6,8-11,13-14H,12H2,1H3,(H,26,27). The molecule has 1 heterocycles. The Morgan fingerprint density at radius 1 is 1.30 bits per heavy atom. The number of rotatable bonds is 2. The Labute approximate surface area is 157 Å². The minimum Gasteiger partial charge on any atom is -0.322 e. The fourth-order valence-corrected chi connectivity index (χ4v) is 2.46. The summed E-state index contributed by atoms with van der Waals surface area (Å²) < 4.78 is 14.1. The lowest BCUT2D eigenvalue weighted by atomic mass is 9.85. The van der Waals surface area contributed by atoms with Crippen molar-refractivity contribution in [2.24, 2.45) is 5.41 Å². The summed E-state index contributed by atoms with van der Waals surface area (Å²) in [6.07, 6.45) is 7.26. The molecular formula is C22H16FN3O. The maximum atomic E-state index is 14.1. The first-order valence-corrected chi connectivity index (χ1v) is 8.34. The first kappa shape index (κ1) is 18.1. The number of amides is 1. The third-order valence-corrected chi connectivity index (χ3v) is 4.10. The van der Waals surface area contributed by atoms with Crippen LogP contribution in [0, 0.1) is 34.4 Å². The average Bonchev–Trinajstić information content (AvgIpc) is 2.70. The van der Waals surface area contributed by atoms with E-state index in [0.717, 1.165) is 0 Å². The quantitative estimate of drug-likeness (QED) is 0.833. The van der Waals surface area contributed by atoms with Crippen LogP contribution in [0.15, 0.2) is 66.5 Å². The third-order valence-electron chi connectivity index (χ3n) is 4.10. The summed E-state index contributed by atoms with van der Waals surface area (Å²) in [6.45, 7) is 1.81. The molecule has 1 N–H and O–H groups in total. The summed E-state index contributed by atoms with van der Waals surface area (Å²) in [5.41, 5.74) is 0.964. The van der Waals surface area contributed by atoms with E-state index in [0.29, 0.717) is 23.4 Å². The number of carbonyl (C=O) groups excluding carboxylic acids is 1. The molecule has 0 saturated heterocycles. The van der Waals surface area contributed by atoms with Crippen molar-refractivity contribution in [3.8, 4) is 17.9 Å². The Morgan fingerprint density at radius 3 is 2.81 bits per heavy atom. The van der Waals surface area contributed by atoms with E-state index >= 15 is 0 Å². The number of carbonyl (C=O) groups is 1. The predicted octanol–water partition coefficient (Wildman–Crippen LogP) is 3.72. The van der Waals surface area contributed by atoms with E-state index in [4.69, 9.17) is 5.26 Å². The molecule has 5 heteroatoms. The van der Waals surface area contributed by atoms with Crippen LogP contribution in [0.1, 0.15) is 35.0 Å². The molecular weight excluding hydrogens is 341 g/mol. The molecule has 0 spiro atoms. The molecule has 0 radical (unpaired) electrons. The van der Waals surface area contributed by atoms with Crippen LogP contribution in [-0.4, -0.2) is 10.9 Å². The highest BCUT2D eigenvalue weighted by Gasteiger charge is 2.22. The van der Waals surface area contributed by atoms with Crippen molar-refractivity contribution in [2.45, 2.75) is 13.3 Å². The number of hydrogen-bond acceptors (Lipinski definition) is 3. The lowest BCUT2D eigenvalue weighted by Gasteiger charge is -2.20. The van der Waals surface area contributed by atoms with Crippen molar-refractivity contribution in [3.63, 3.8) is 0 Å². The molecule has 1 aliphatic rings. The molecule has 0 fully saturated rings. The van der Waals surface area contributed by atoms with Gasteiger partial charge < -0.3 is 5.32 Å². The molecule has 3 rings (SSSR count). The monoisotopic (exact) mass is 357 g/mol. The second-order valence-electron chi connectivity index (χ2n) is 6.34. The minimum absolute atomic E-state index is 0.0919. The number of aromatic nitrogens is 1. The molecule has 4 nitrogen and oxygen atoms in total. The van der Waals surface area contributed by atoms with Gasteiger partial charge in [0.25, 0.3) is 5.91 Å². The number of halogens is 1. The van der Waals surface area contributed by atoms with Crippen LogP contribution in [0.2, 0.25) is 0 Å². The fraction of sp³-hybridized carbons (Fsp3) is 0.136. The zero-order valence-corrected chi connectivity index (χ0v) is 14.7. The molecule has 1 amide bonds. The van der Waals surface area contributed by atoms with Gasteiger partial charge in [-0.2, -0.15) is 5.26 Å². The van der Waals surface area contributed by atoms with Crippen molar-refractivity contribution in [1.29, 1.82) is 5.26 Å². The SMILES string of the molecule is CC1(C#N)C=CC(NC(=O)c2cc(C#Cc3ccccn3)ccc2F)=CC1. The number of benzene rings is 1. The van der Waals surface area contributed by atoms with Gasteiger partial charge >= 0.3 is 0 Å². The summed E-state index contributed by atoms with van der Waals surface area (Å²) >= 11 is 0. The molecule has 1 atom stereocenters. The van der Waals surface area contributed by atoms with Gasteiger partial charge in [-0.05, 0) is 55.7 Å². The van der Waals surface area contributed by atoms with Crippen molar-refractivity contribution in [2.75, 3.05) is 0 Å². The van der Waals surface area contributed by atoms with Crippen LogP contribution in [0.5, 0.6) is 0 Å². The Balaban J connectivity index is 1.77. The summed E-state index contributed by atoms with van der Waals surface area (Å²) in [5, 5.41) is 11.8. The summed E-state index contributed by atoms with van der Waals surface area (Å²) in [7, 11) is 0. The molecule has 1 aliphatic carbocycles. The topological polar surface area (TPSA) is 65.8 Å². The molecule has 1 aromatic heterocycles. The lowest BCUT2D eigenvalue weighted by Crippen LogP contribution is -2.25. The third kappa shape index (κ3) is 4.48. The van der Waals surface area contributed by atoms with Crippen LogP contribution in [0.4, 0.5) is 4.39 Å². The van der Waals surface area contributed by atoms with Crippen molar-refractivity contribution >= 4 is 5.91 Å². The number of nitrogens with one attached hydrogen (secondary N) is 1. The van der Waals surface area contributed by atoms with Gasteiger partial charge in [0.2, 0.25) is 0 Å². The minimum atomic E-state index is -0.627. The van der Waals surface area contributed by atoms with E-state index in [-0.39, 0.29) is 5.56 Å². The summed E-state index contributed by atoms with van der Waals surface area (Å²) in [6, 6.07) is 11.7. The number of allylic oxidation sites excluding steroid dienone is 3. The normalized spacial score (nSPS) is 17.9. The highest BCUT2D eigenvalue weighted by molar-refractivity contribution is 5.96. The second-order valence-corrected chi connectivity index (χ2v) is 6.34. The van der Waals surface area contributed by atoms with Crippen LogP contribution in [0.25, 0.3) is 0 Å². The van der Waals surface area contributed by atoms with Gasteiger partial charge in [-0.15, -0.1) is 0 Å². The van der Waals surface area contributed by atoms with Crippen LogP contribution in [-0.2, 0) is 0 Å². The van der Waals surface area contributed by atoms with Gasteiger partial charge in [0.15, 0.2) is 0 Å². The van der Waals surface area contributed by atoms with Gasteiger partial charge in [-0.3, -0.25) is 4.79 Å². The summed E-state index contributed by atoms with van der Waals surface area (Å²) in [4.78, 5) is 16.5. The van der Waals surface area contributed by atoms with Crippen molar-refractivity contribution < 1.29 is 9.18 Å². The van der Waals surface area contributed by atoms with Gasteiger partial charge in [0.05, 0.1) is 17.0 Å². The molecule has 27 heavy (non-hydrogen) atoms. The zero-order chi connectivity index (χ0) is 19.3. The Kier molecular flexibility index (Phi) is 5.15. The Bertz CT molecular complexity index is 1040. The van der Waals surface area contributed by atoms with Gasteiger partial charge in [-0.1, -0.05) is 24.1 Å². The zero-order valence-electron chi connectivity index (χ0n) is 14.7. The number of pyridine rings is 1.